The summed E-state index contributed by atoms with van der Waals surface area (Å²) in [6, 6.07) is 0.322. The number of hydrogen-bond donors (Lipinski definition) is 2. The minimum absolute atomic E-state index is 0.167. The molecule has 4 heteroatoms. The number of rotatable bonds is 4. The van der Waals surface area contributed by atoms with Crippen LogP contribution >= 0.6 is 0 Å². The summed E-state index contributed by atoms with van der Waals surface area (Å²) in [7, 11) is 3.80. The SMILES string of the molecule is CNCCN(C)C(=O)[C@@H]1CCCN[C@@H]1C. The third kappa shape index (κ3) is 3.47. The number of hydrogen-bond acceptors (Lipinski definition) is 3. The molecule has 0 aliphatic carbocycles. The Balaban J connectivity index is 2.43. The van der Waals surface area contributed by atoms with Crippen LogP contribution in [0.4, 0.5) is 0 Å². The average molecular weight is 213 g/mol. The van der Waals surface area contributed by atoms with Gasteiger partial charge in [0, 0.05) is 26.2 Å². The second-order valence-corrected chi connectivity index (χ2v) is 4.35. The van der Waals surface area contributed by atoms with Crippen molar-refractivity contribution < 1.29 is 4.79 Å². The van der Waals surface area contributed by atoms with Gasteiger partial charge in [0.1, 0.15) is 0 Å². The molecular formula is C11H23N3O. The smallest absolute Gasteiger partial charge is 0.227 e. The lowest BCUT2D eigenvalue weighted by Gasteiger charge is -2.32. The van der Waals surface area contributed by atoms with Crippen molar-refractivity contribution >= 4 is 5.91 Å². The van der Waals surface area contributed by atoms with Gasteiger partial charge < -0.3 is 15.5 Å². The van der Waals surface area contributed by atoms with Crippen molar-refractivity contribution in [2.24, 2.45) is 5.92 Å². The fraction of sp³-hybridized carbons (Fsp3) is 0.909. The third-order valence-electron chi connectivity index (χ3n) is 3.15. The monoisotopic (exact) mass is 213 g/mol. The van der Waals surface area contributed by atoms with E-state index in [0.717, 1.165) is 32.5 Å². The molecule has 0 aromatic carbocycles. The molecule has 2 atom stereocenters. The first kappa shape index (κ1) is 12.5. The van der Waals surface area contributed by atoms with E-state index in [1.54, 1.807) is 0 Å². The topological polar surface area (TPSA) is 44.4 Å². The van der Waals surface area contributed by atoms with E-state index in [0.29, 0.717) is 6.04 Å². The predicted molar refractivity (Wildman–Crippen MR) is 61.8 cm³/mol. The van der Waals surface area contributed by atoms with E-state index in [4.69, 9.17) is 0 Å². The molecule has 0 aromatic rings. The summed E-state index contributed by atoms with van der Waals surface area (Å²) in [5.74, 6) is 0.450. The normalized spacial score (nSPS) is 26.3. The maximum absolute atomic E-state index is 12.1. The number of carbonyl (C=O) groups excluding carboxylic acids is 1. The Labute approximate surface area is 92.4 Å². The first-order valence-corrected chi connectivity index (χ1v) is 5.79. The van der Waals surface area contributed by atoms with Crippen molar-refractivity contribution in [3.8, 4) is 0 Å². The number of amides is 1. The summed E-state index contributed by atoms with van der Waals surface area (Å²) >= 11 is 0. The molecule has 15 heavy (non-hydrogen) atoms. The molecule has 0 aromatic heterocycles. The Morgan fingerprint density at radius 3 is 2.93 bits per heavy atom. The minimum Gasteiger partial charge on any atom is -0.344 e. The van der Waals surface area contributed by atoms with Crippen molar-refractivity contribution in [2.75, 3.05) is 33.7 Å². The highest BCUT2D eigenvalue weighted by Crippen LogP contribution is 2.18. The average Bonchev–Trinajstić information content (AvgIpc) is 2.25. The fourth-order valence-corrected chi connectivity index (χ4v) is 2.05. The van der Waals surface area contributed by atoms with E-state index in [1.807, 2.05) is 19.0 Å². The number of piperidine rings is 1. The van der Waals surface area contributed by atoms with Crippen molar-refractivity contribution in [1.29, 1.82) is 0 Å². The van der Waals surface area contributed by atoms with Crippen LogP contribution in [0, 0.1) is 5.92 Å². The van der Waals surface area contributed by atoms with Crippen LogP contribution in [0.3, 0.4) is 0 Å². The molecule has 1 heterocycles. The lowest BCUT2D eigenvalue weighted by molar-refractivity contribution is -0.135. The third-order valence-corrected chi connectivity index (χ3v) is 3.15. The van der Waals surface area contributed by atoms with Gasteiger partial charge in [-0.3, -0.25) is 4.79 Å². The van der Waals surface area contributed by atoms with E-state index in [1.165, 1.54) is 0 Å². The van der Waals surface area contributed by atoms with Crippen LogP contribution in [0.1, 0.15) is 19.8 Å². The molecule has 0 unspecified atom stereocenters. The standard InChI is InChI=1S/C11H23N3O/c1-9-10(5-4-6-13-9)11(15)14(3)8-7-12-2/h9-10,12-13H,4-8H2,1-3H3/t9-,10-/m1/s1. The highest BCUT2D eigenvalue weighted by Gasteiger charge is 2.29. The maximum atomic E-state index is 12.1. The van der Waals surface area contributed by atoms with E-state index in [2.05, 4.69) is 17.6 Å². The predicted octanol–water partition coefficient (Wildman–Crippen LogP) is 0.0523. The molecule has 1 aliphatic heterocycles. The first-order chi connectivity index (χ1) is 7.16. The molecule has 0 spiro atoms. The Hall–Kier alpha value is -0.610. The van der Waals surface area contributed by atoms with Crippen LogP contribution in [0.25, 0.3) is 0 Å². The summed E-state index contributed by atoms with van der Waals surface area (Å²) in [4.78, 5) is 13.9. The minimum atomic E-state index is 0.167. The quantitative estimate of drug-likeness (QED) is 0.694. The van der Waals surface area contributed by atoms with E-state index in [-0.39, 0.29) is 11.8 Å². The summed E-state index contributed by atoms with van der Waals surface area (Å²) in [5, 5.41) is 6.42. The molecule has 88 valence electrons. The molecule has 2 N–H and O–H groups in total. The van der Waals surface area contributed by atoms with Gasteiger partial charge in [-0.05, 0) is 33.4 Å². The van der Waals surface area contributed by atoms with Gasteiger partial charge in [0.2, 0.25) is 5.91 Å². The summed E-state index contributed by atoms with van der Waals surface area (Å²) in [6.45, 7) is 4.80. The summed E-state index contributed by atoms with van der Waals surface area (Å²) in [5.41, 5.74) is 0. The van der Waals surface area contributed by atoms with E-state index in [9.17, 15) is 4.79 Å². The van der Waals surface area contributed by atoms with Gasteiger partial charge in [-0.15, -0.1) is 0 Å². The lowest BCUT2D eigenvalue weighted by Crippen LogP contribution is -2.48. The highest BCUT2D eigenvalue weighted by atomic mass is 16.2. The second kappa shape index (κ2) is 6.08. The molecule has 1 fully saturated rings. The Morgan fingerprint density at radius 1 is 1.60 bits per heavy atom. The molecular weight excluding hydrogens is 190 g/mol. The highest BCUT2D eigenvalue weighted by molar-refractivity contribution is 5.79. The van der Waals surface area contributed by atoms with Gasteiger partial charge in [0.05, 0.1) is 5.92 Å². The van der Waals surface area contributed by atoms with Crippen molar-refractivity contribution in [1.82, 2.24) is 15.5 Å². The van der Waals surface area contributed by atoms with Crippen LogP contribution in [-0.2, 0) is 4.79 Å². The van der Waals surface area contributed by atoms with Gasteiger partial charge >= 0.3 is 0 Å². The van der Waals surface area contributed by atoms with Gasteiger partial charge in [0.25, 0.3) is 0 Å². The molecule has 0 radical (unpaired) electrons. The Bertz CT molecular complexity index is 208. The zero-order valence-corrected chi connectivity index (χ0v) is 10.0. The maximum Gasteiger partial charge on any atom is 0.227 e. The largest absolute Gasteiger partial charge is 0.344 e. The van der Waals surface area contributed by atoms with Crippen molar-refractivity contribution in [2.45, 2.75) is 25.8 Å². The number of nitrogens with zero attached hydrogens (tertiary/aromatic N) is 1. The van der Waals surface area contributed by atoms with Gasteiger partial charge in [0.15, 0.2) is 0 Å². The van der Waals surface area contributed by atoms with Gasteiger partial charge in [-0.25, -0.2) is 0 Å². The molecule has 1 saturated heterocycles. The van der Waals surface area contributed by atoms with Crippen LogP contribution in [-0.4, -0.2) is 50.6 Å². The molecule has 0 saturated carbocycles. The van der Waals surface area contributed by atoms with Crippen LogP contribution in [0.2, 0.25) is 0 Å². The van der Waals surface area contributed by atoms with Gasteiger partial charge in [-0.1, -0.05) is 0 Å². The summed E-state index contributed by atoms with van der Waals surface area (Å²) in [6.07, 6.45) is 2.14. The zero-order valence-electron chi connectivity index (χ0n) is 10.0. The first-order valence-electron chi connectivity index (χ1n) is 5.79. The van der Waals surface area contributed by atoms with E-state index < -0.39 is 0 Å². The molecule has 1 rings (SSSR count). The lowest BCUT2D eigenvalue weighted by atomic mass is 9.91. The Morgan fingerprint density at radius 2 is 2.33 bits per heavy atom. The molecule has 4 nitrogen and oxygen atoms in total. The Kier molecular flexibility index (Phi) is 5.05. The van der Waals surface area contributed by atoms with Crippen molar-refractivity contribution in [3.63, 3.8) is 0 Å². The zero-order chi connectivity index (χ0) is 11.3. The second-order valence-electron chi connectivity index (χ2n) is 4.35. The molecule has 0 bridgehead atoms. The van der Waals surface area contributed by atoms with Crippen LogP contribution in [0.5, 0.6) is 0 Å². The number of likely N-dealkylation sites (N-methyl/N-ethyl adjacent to an activating group) is 2. The van der Waals surface area contributed by atoms with Crippen LogP contribution < -0.4 is 10.6 Å². The number of nitrogens with one attached hydrogen (secondary N) is 2. The van der Waals surface area contributed by atoms with E-state index >= 15 is 0 Å². The van der Waals surface area contributed by atoms with Crippen molar-refractivity contribution in [3.05, 3.63) is 0 Å². The van der Waals surface area contributed by atoms with Crippen LogP contribution in [0.15, 0.2) is 0 Å². The summed E-state index contributed by atoms with van der Waals surface area (Å²) < 4.78 is 0. The van der Waals surface area contributed by atoms with Gasteiger partial charge in [-0.2, -0.15) is 0 Å². The fourth-order valence-electron chi connectivity index (χ4n) is 2.05. The molecule has 1 amide bonds. The number of carbonyl (C=O) groups is 1. The molecule has 1 aliphatic rings.